The molecule has 2 unspecified atom stereocenters. The number of anilines is 1. The lowest BCUT2D eigenvalue weighted by atomic mass is 9.98. The Hall–Kier alpha value is -3.05. The van der Waals surface area contributed by atoms with E-state index in [-0.39, 0.29) is 23.7 Å². The zero-order valence-electron chi connectivity index (χ0n) is 20.8. The zero-order chi connectivity index (χ0) is 25.9. The van der Waals surface area contributed by atoms with Gasteiger partial charge in [0.25, 0.3) is 0 Å². The van der Waals surface area contributed by atoms with Crippen molar-refractivity contribution in [3.8, 4) is 22.8 Å². The van der Waals surface area contributed by atoms with Gasteiger partial charge in [-0.05, 0) is 69.5 Å². The Labute approximate surface area is 216 Å². The van der Waals surface area contributed by atoms with Crippen LogP contribution < -0.4 is 9.46 Å². The van der Waals surface area contributed by atoms with Gasteiger partial charge in [0, 0.05) is 23.3 Å². The van der Waals surface area contributed by atoms with Gasteiger partial charge in [0.15, 0.2) is 11.0 Å². The van der Waals surface area contributed by atoms with Gasteiger partial charge in [0.1, 0.15) is 5.75 Å². The summed E-state index contributed by atoms with van der Waals surface area (Å²) in [6.45, 7) is 4.21. The number of hydrogen-bond donors (Lipinski definition) is 1. The lowest BCUT2D eigenvalue weighted by molar-refractivity contribution is -0.134. The van der Waals surface area contributed by atoms with Crippen LogP contribution in [0.1, 0.15) is 33.1 Å². The lowest BCUT2D eigenvalue weighted by Crippen LogP contribution is -2.48. The number of thioether (sulfide) groups is 1. The van der Waals surface area contributed by atoms with Crippen molar-refractivity contribution >= 4 is 33.4 Å². The van der Waals surface area contributed by atoms with Gasteiger partial charge in [0.05, 0.1) is 24.8 Å². The Morgan fingerprint density at radius 2 is 1.75 bits per heavy atom. The standard InChI is InChI=1S/C25H31N5O4S2/c1-17-8-7-9-18(2)29(17)23(31)16-35-25-27-26-24(30(25)21-10-5-6-11-22(21)34-3)19-12-14-20(15-13-19)28-36(4,32)33/h5-6,10-15,17-18,28H,7-9,16H2,1-4H3. The van der Waals surface area contributed by atoms with E-state index < -0.39 is 10.0 Å². The highest BCUT2D eigenvalue weighted by Gasteiger charge is 2.29. The SMILES string of the molecule is COc1ccccc1-n1c(SCC(=O)N2C(C)CCCC2C)nnc1-c1ccc(NS(C)(=O)=O)cc1. The molecule has 9 nitrogen and oxygen atoms in total. The number of aromatic nitrogens is 3. The van der Waals surface area contributed by atoms with Crippen molar-refractivity contribution in [2.75, 3.05) is 23.8 Å². The third-order valence-corrected chi connectivity index (χ3v) is 7.73. The van der Waals surface area contributed by atoms with Crippen LogP contribution in [0.3, 0.4) is 0 Å². The van der Waals surface area contributed by atoms with Crippen LogP contribution in [-0.4, -0.2) is 65.2 Å². The van der Waals surface area contributed by atoms with E-state index >= 15 is 0 Å². The molecule has 1 amide bonds. The molecule has 192 valence electrons. The fraction of sp³-hybridized carbons (Fsp3) is 0.400. The monoisotopic (exact) mass is 529 g/mol. The van der Waals surface area contributed by atoms with Crippen LogP contribution in [0.25, 0.3) is 17.1 Å². The second-order valence-corrected chi connectivity index (χ2v) is 11.7. The van der Waals surface area contributed by atoms with Crippen molar-refractivity contribution in [1.29, 1.82) is 0 Å². The molecule has 36 heavy (non-hydrogen) atoms. The van der Waals surface area contributed by atoms with Gasteiger partial charge in [-0.25, -0.2) is 8.42 Å². The van der Waals surface area contributed by atoms with Gasteiger partial charge in [-0.15, -0.1) is 10.2 Å². The van der Waals surface area contributed by atoms with Crippen LogP contribution in [0.2, 0.25) is 0 Å². The van der Waals surface area contributed by atoms with Gasteiger partial charge in [-0.3, -0.25) is 14.1 Å². The van der Waals surface area contributed by atoms with Crippen LogP contribution in [-0.2, 0) is 14.8 Å². The Balaban J connectivity index is 1.67. The van der Waals surface area contributed by atoms with Crippen LogP contribution in [0.5, 0.6) is 5.75 Å². The molecule has 1 N–H and O–H groups in total. The number of piperidine rings is 1. The maximum atomic E-state index is 13.2. The predicted octanol–water partition coefficient (Wildman–Crippen LogP) is 4.20. The molecule has 1 aliphatic rings. The summed E-state index contributed by atoms with van der Waals surface area (Å²) in [7, 11) is -1.78. The summed E-state index contributed by atoms with van der Waals surface area (Å²) in [5, 5.41) is 9.42. The minimum absolute atomic E-state index is 0.0898. The number of para-hydroxylation sites is 2. The first-order chi connectivity index (χ1) is 17.2. The molecule has 1 aromatic heterocycles. The maximum Gasteiger partial charge on any atom is 0.233 e. The van der Waals surface area contributed by atoms with Crippen LogP contribution >= 0.6 is 11.8 Å². The third kappa shape index (κ3) is 5.84. The number of hydrogen-bond acceptors (Lipinski definition) is 7. The van der Waals surface area contributed by atoms with Gasteiger partial charge in [-0.2, -0.15) is 0 Å². The first-order valence-corrected chi connectivity index (χ1v) is 14.7. The molecule has 0 aliphatic carbocycles. The molecule has 3 aromatic rings. The number of nitrogens with zero attached hydrogens (tertiary/aromatic N) is 4. The largest absolute Gasteiger partial charge is 0.495 e. The van der Waals surface area contributed by atoms with E-state index in [0.717, 1.165) is 36.8 Å². The van der Waals surface area contributed by atoms with Crippen LogP contribution in [0.15, 0.2) is 53.7 Å². The Kier molecular flexibility index (Phi) is 7.89. The third-order valence-electron chi connectivity index (χ3n) is 6.21. The average molecular weight is 530 g/mol. The van der Waals surface area contributed by atoms with E-state index in [0.29, 0.717) is 22.4 Å². The summed E-state index contributed by atoms with van der Waals surface area (Å²) in [6, 6.07) is 14.9. The number of carbonyl (C=O) groups is 1. The van der Waals surface area contributed by atoms with Crippen molar-refractivity contribution in [2.24, 2.45) is 0 Å². The second kappa shape index (κ2) is 10.9. The van der Waals surface area contributed by atoms with Crippen molar-refractivity contribution in [2.45, 2.75) is 50.4 Å². The van der Waals surface area contributed by atoms with Gasteiger partial charge < -0.3 is 9.64 Å². The van der Waals surface area contributed by atoms with E-state index in [1.54, 1.807) is 31.4 Å². The molecular formula is C25H31N5O4S2. The maximum absolute atomic E-state index is 13.2. The second-order valence-electron chi connectivity index (χ2n) is 8.98. The van der Waals surface area contributed by atoms with E-state index in [4.69, 9.17) is 4.74 Å². The molecule has 11 heteroatoms. The molecule has 1 saturated heterocycles. The number of carbonyl (C=O) groups excluding carboxylic acids is 1. The molecule has 2 atom stereocenters. The minimum atomic E-state index is -3.38. The minimum Gasteiger partial charge on any atom is -0.495 e. The molecule has 0 spiro atoms. The lowest BCUT2D eigenvalue weighted by Gasteiger charge is -2.39. The average Bonchev–Trinajstić information content (AvgIpc) is 3.25. The summed E-state index contributed by atoms with van der Waals surface area (Å²) >= 11 is 1.34. The fourth-order valence-corrected chi connectivity index (χ4v) is 5.98. The van der Waals surface area contributed by atoms with E-state index in [1.165, 1.54) is 11.8 Å². The van der Waals surface area contributed by atoms with Crippen molar-refractivity contribution in [3.63, 3.8) is 0 Å². The smallest absolute Gasteiger partial charge is 0.233 e. The van der Waals surface area contributed by atoms with E-state index in [1.807, 2.05) is 33.7 Å². The van der Waals surface area contributed by atoms with Crippen molar-refractivity contribution < 1.29 is 17.9 Å². The first-order valence-electron chi connectivity index (χ1n) is 11.8. The number of benzene rings is 2. The summed E-state index contributed by atoms with van der Waals surface area (Å²) in [5.41, 5.74) is 1.94. The van der Waals surface area contributed by atoms with E-state index in [2.05, 4.69) is 28.8 Å². The molecule has 2 aromatic carbocycles. The van der Waals surface area contributed by atoms with Gasteiger partial charge >= 0.3 is 0 Å². The highest BCUT2D eigenvalue weighted by atomic mass is 32.2. The highest BCUT2D eigenvalue weighted by molar-refractivity contribution is 7.99. The summed E-state index contributed by atoms with van der Waals surface area (Å²) in [5.74, 6) is 1.53. The number of ether oxygens (including phenoxy) is 1. The summed E-state index contributed by atoms with van der Waals surface area (Å²) < 4.78 is 33.1. The van der Waals surface area contributed by atoms with Crippen LogP contribution in [0.4, 0.5) is 5.69 Å². The Morgan fingerprint density at radius 1 is 1.08 bits per heavy atom. The van der Waals surface area contributed by atoms with Gasteiger partial charge in [0.2, 0.25) is 15.9 Å². The Bertz CT molecular complexity index is 1310. The molecule has 1 fully saturated rings. The summed E-state index contributed by atoms with van der Waals surface area (Å²) in [6.07, 6.45) is 4.29. The van der Waals surface area contributed by atoms with Crippen molar-refractivity contribution in [3.05, 3.63) is 48.5 Å². The molecule has 0 radical (unpaired) electrons. The number of nitrogens with one attached hydrogen (secondary N) is 1. The van der Waals surface area contributed by atoms with E-state index in [9.17, 15) is 13.2 Å². The molecule has 0 bridgehead atoms. The van der Waals surface area contributed by atoms with Gasteiger partial charge in [-0.1, -0.05) is 23.9 Å². The van der Waals surface area contributed by atoms with Crippen molar-refractivity contribution in [1.82, 2.24) is 19.7 Å². The number of likely N-dealkylation sites (tertiary alicyclic amines) is 1. The highest BCUT2D eigenvalue weighted by Crippen LogP contribution is 2.33. The molecular weight excluding hydrogens is 498 g/mol. The first kappa shape index (κ1) is 26.0. The number of amides is 1. The topological polar surface area (TPSA) is 106 Å². The molecule has 4 rings (SSSR count). The Morgan fingerprint density at radius 3 is 2.39 bits per heavy atom. The quantitative estimate of drug-likeness (QED) is 0.436. The summed E-state index contributed by atoms with van der Waals surface area (Å²) in [4.78, 5) is 15.2. The number of sulfonamides is 1. The zero-order valence-corrected chi connectivity index (χ0v) is 22.5. The normalized spacial score (nSPS) is 18.2. The molecule has 1 aliphatic heterocycles. The molecule has 2 heterocycles. The number of methoxy groups -OCH3 is 1. The van der Waals surface area contributed by atoms with Crippen LogP contribution in [0, 0.1) is 0 Å². The fourth-order valence-electron chi connectivity index (χ4n) is 4.60. The molecule has 0 saturated carbocycles. The predicted molar refractivity (Wildman–Crippen MR) is 142 cm³/mol. The number of rotatable bonds is 8.